The van der Waals surface area contributed by atoms with Crippen molar-refractivity contribution < 1.29 is 0 Å². The second kappa shape index (κ2) is 5.09. The van der Waals surface area contributed by atoms with Crippen molar-refractivity contribution in [3.05, 3.63) is 52.8 Å². The normalized spacial score (nSPS) is 10.7. The van der Waals surface area contributed by atoms with E-state index in [4.69, 9.17) is 5.73 Å². The number of halogens is 1. The number of fused-ring (bicyclic) bond motifs is 1. The standard InChI is InChI=1S/C15H13BrN4/c1-9-11(17)8-19-15(14(9)16)20-13-6-2-5-12-10(13)4-3-7-18-12/h2-8H,17H2,1H3,(H,19,20). The summed E-state index contributed by atoms with van der Waals surface area (Å²) in [6.45, 7) is 1.96. The highest BCUT2D eigenvalue weighted by molar-refractivity contribution is 9.10. The molecule has 0 fully saturated rings. The number of rotatable bonds is 2. The number of aromatic nitrogens is 2. The van der Waals surface area contributed by atoms with Crippen molar-refractivity contribution in [3.8, 4) is 0 Å². The first kappa shape index (κ1) is 12.9. The third-order valence-electron chi connectivity index (χ3n) is 3.20. The van der Waals surface area contributed by atoms with Gasteiger partial charge in [-0.2, -0.15) is 0 Å². The molecule has 4 nitrogen and oxygen atoms in total. The third-order valence-corrected chi connectivity index (χ3v) is 4.17. The van der Waals surface area contributed by atoms with Crippen LogP contribution in [0.25, 0.3) is 10.9 Å². The zero-order valence-electron chi connectivity index (χ0n) is 10.9. The van der Waals surface area contributed by atoms with E-state index >= 15 is 0 Å². The van der Waals surface area contributed by atoms with Gasteiger partial charge in [0, 0.05) is 17.3 Å². The third kappa shape index (κ3) is 2.20. The van der Waals surface area contributed by atoms with Crippen LogP contribution < -0.4 is 11.1 Å². The van der Waals surface area contributed by atoms with Crippen molar-refractivity contribution in [1.82, 2.24) is 9.97 Å². The Morgan fingerprint density at radius 2 is 2.00 bits per heavy atom. The summed E-state index contributed by atoms with van der Waals surface area (Å²) < 4.78 is 0.874. The minimum Gasteiger partial charge on any atom is -0.397 e. The van der Waals surface area contributed by atoms with Crippen molar-refractivity contribution in [2.24, 2.45) is 0 Å². The molecule has 0 spiro atoms. The largest absolute Gasteiger partial charge is 0.397 e. The molecule has 0 radical (unpaired) electrons. The molecule has 0 aliphatic heterocycles. The Labute approximate surface area is 125 Å². The predicted molar refractivity (Wildman–Crippen MR) is 86.1 cm³/mol. The second-order valence-electron chi connectivity index (χ2n) is 4.50. The number of hydrogen-bond acceptors (Lipinski definition) is 4. The van der Waals surface area contributed by atoms with Gasteiger partial charge in [0.05, 0.1) is 21.9 Å². The van der Waals surface area contributed by atoms with Gasteiger partial charge < -0.3 is 11.1 Å². The van der Waals surface area contributed by atoms with Gasteiger partial charge in [0.15, 0.2) is 0 Å². The average Bonchev–Trinajstić information content (AvgIpc) is 2.48. The molecule has 5 heteroatoms. The zero-order chi connectivity index (χ0) is 14.1. The first-order valence-corrected chi connectivity index (χ1v) is 6.97. The summed E-state index contributed by atoms with van der Waals surface area (Å²) >= 11 is 3.53. The van der Waals surface area contributed by atoms with Crippen LogP contribution in [0.2, 0.25) is 0 Å². The Balaban J connectivity index is 2.08. The van der Waals surface area contributed by atoms with Crippen LogP contribution in [-0.2, 0) is 0 Å². The molecule has 0 bridgehead atoms. The summed E-state index contributed by atoms with van der Waals surface area (Å²) in [7, 11) is 0. The highest BCUT2D eigenvalue weighted by Gasteiger charge is 2.09. The molecule has 2 aromatic heterocycles. The van der Waals surface area contributed by atoms with Crippen molar-refractivity contribution in [2.75, 3.05) is 11.1 Å². The van der Waals surface area contributed by atoms with E-state index in [2.05, 4.69) is 31.2 Å². The Morgan fingerprint density at radius 1 is 1.15 bits per heavy atom. The maximum absolute atomic E-state index is 5.84. The molecule has 3 aromatic rings. The van der Waals surface area contributed by atoms with Gasteiger partial charge in [0.2, 0.25) is 0 Å². The summed E-state index contributed by atoms with van der Waals surface area (Å²) in [5.41, 5.74) is 9.40. The predicted octanol–water partition coefficient (Wildman–Crippen LogP) is 4.03. The van der Waals surface area contributed by atoms with Crippen LogP contribution in [0.1, 0.15) is 5.56 Å². The molecule has 0 amide bonds. The fourth-order valence-electron chi connectivity index (χ4n) is 2.02. The van der Waals surface area contributed by atoms with Crippen LogP contribution in [0, 0.1) is 6.92 Å². The molecule has 2 heterocycles. The SMILES string of the molecule is Cc1c(N)cnc(Nc2cccc3ncccc23)c1Br. The fourth-order valence-corrected chi connectivity index (χ4v) is 2.45. The lowest BCUT2D eigenvalue weighted by molar-refractivity contribution is 1.26. The van der Waals surface area contributed by atoms with Crippen LogP contribution in [-0.4, -0.2) is 9.97 Å². The number of nitrogen functional groups attached to an aromatic ring is 1. The summed E-state index contributed by atoms with van der Waals surface area (Å²) in [6, 6.07) is 9.91. The highest BCUT2D eigenvalue weighted by Crippen LogP contribution is 2.31. The lowest BCUT2D eigenvalue weighted by Crippen LogP contribution is -2.00. The van der Waals surface area contributed by atoms with E-state index < -0.39 is 0 Å². The average molecular weight is 329 g/mol. The molecule has 3 N–H and O–H groups in total. The summed E-state index contributed by atoms with van der Waals surface area (Å²) in [4.78, 5) is 8.68. The van der Waals surface area contributed by atoms with Gasteiger partial charge in [-0.3, -0.25) is 4.98 Å². The van der Waals surface area contributed by atoms with Gasteiger partial charge in [-0.25, -0.2) is 4.98 Å². The van der Waals surface area contributed by atoms with E-state index in [0.29, 0.717) is 5.69 Å². The van der Waals surface area contributed by atoms with Gasteiger partial charge >= 0.3 is 0 Å². The minimum absolute atomic E-state index is 0.669. The number of nitrogens with zero attached hydrogens (tertiary/aromatic N) is 2. The van der Waals surface area contributed by atoms with Gasteiger partial charge in [0.25, 0.3) is 0 Å². The van der Waals surface area contributed by atoms with E-state index in [0.717, 1.165) is 32.4 Å². The number of anilines is 3. The maximum Gasteiger partial charge on any atom is 0.145 e. The molecule has 3 rings (SSSR count). The smallest absolute Gasteiger partial charge is 0.145 e. The molecule has 1 aromatic carbocycles. The van der Waals surface area contributed by atoms with Crippen LogP contribution in [0.4, 0.5) is 17.2 Å². The molecule has 20 heavy (non-hydrogen) atoms. The van der Waals surface area contributed by atoms with E-state index in [9.17, 15) is 0 Å². The Bertz CT molecular complexity index is 781. The van der Waals surface area contributed by atoms with Crippen molar-refractivity contribution >= 4 is 44.0 Å². The number of pyridine rings is 2. The van der Waals surface area contributed by atoms with Crippen molar-refractivity contribution in [3.63, 3.8) is 0 Å². The molecule has 0 aliphatic carbocycles. The van der Waals surface area contributed by atoms with E-state index in [1.54, 1.807) is 12.4 Å². The first-order chi connectivity index (χ1) is 9.66. The Hall–Kier alpha value is -2.14. The van der Waals surface area contributed by atoms with Gasteiger partial charge in [0.1, 0.15) is 5.82 Å². The minimum atomic E-state index is 0.669. The second-order valence-corrected chi connectivity index (χ2v) is 5.29. The van der Waals surface area contributed by atoms with Crippen molar-refractivity contribution in [1.29, 1.82) is 0 Å². The summed E-state index contributed by atoms with van der Waals surface area (Å²) in [5.74, 6) is 0.744. The van der Waals surface area contributed by atoms with E-state index in [-0.39, 0.29) is 0 Å². The number of nitrogens with one attached hydrogen (secondary N) is 1. The van der Waals surface area contributed by atoms with E-state index in [1.165, 1.54) is 0 Å². The topological polar surface area (TPSA) is 63.8 Å². The Morgan fingerprint density at radius 3 is 2.85 bits per heavy atom. The number of hydrogen-bond donors (Lipinski definition) is 2. The quantitative estimate of drug-likeness (QED) is 0.745. The lowest BCUT2D eigenvalue weighted by atomic mass is 10.2. The monoisotopic (exact) mass is 328 g/mol. The molecular formula is C15H13BrN4. The maximum atomic E-state index is 5.84. The number of benzene rings is 1. The van der Waals surface area contributed by atoms with Crippen molar-refractivity contribution in [2.45, 2.75) is 6.92 Å². The van der Waals surface area contributed by atoms with Gasteiger partial charge in [-0.1, -0.05) is 6.07 Å². The molecule has 0 saturated heterocycles. The van der Waals surface area contributed by atoms with Crippen LogP contribution in [0.15, 0.2) is 47.2 Å². The first-order valence-electron chi connectivity index (χ1n) is 6.18. The fraction of sp³-hybridized carbons (Fsp3) is 0.0667. The summed E-state index contributed by atoms with van der Waals surface area (Å²) in [5, 5.41) is 4.38. The van der Waals surface area contributed by atoms with Crippen LogP contribution in [0.5, 0.6) is 0 Å². The number of nitrogens with two attached hydrogens (primary N) is 1. The molecule has 0 saturated carbocycles. The zero-order valence-corrected chi connectivity index (χ0v) is 12.5. The van der Waals surface area contributed by atoms with E-state index in [1.807, 2.05) is 37.3 Å². The molecule has 0 unspecified atom stereocenters. The molecule has 0 aliphatic rings. The molecular weight excluding hydrogens is 316 g/mol. The molecule has 0 atom stereocenters. The Kier molecular flexibility index (Phi) is 3.28. The highest BCUT2D eigenvalue weighted by atomic mass is 79.9. The van der Waals surface area contributed by atoms with Gasteiger partial charge in [-0.15, -0.1) is 0 Å². The van der Waals surface area contributed by atoms with Gasteiger partial charge in [-0.05, 0) is 52.7 Å². The van der Waals surface area contributed by atoms with Crippen LogP contribution >= 0.6 is 15.9 Å². The lowest BCUT2D eigenvalue weighted by Gasteiger charge is -2.12. The molecule has 100 valence electrons. The summed E-state index contributed by atoms with van der Waals surface area (Å²) in [6.07, 6.45) is 3.44. The van der Waals surface area contributed by atoms with Crippen LogP contribution in [0.3, 0.4) is 0 Å².